The van der Waals surface area contributed by atoms with Crippen molar-refractivity contribution in [3.05, 3.63) is 200 Å². The van der Waals surface area contributed by atoms with E-state index < -0.39 is 0 Å². The zero-order chi connectivity index (χ0) is 37.0. The first kappa shape index (κ1) is 31.9. The van der Waals surface area contributed by atoms with Gasteiger partial charge in [0.1, 0.15) is 11.5 Å². The molecule has 262 valence electrons. The molecule has 4 aromatic heterocycles. The maximum Gasteiger partial charge on any atom is 0.162 e. The van der Waals surface area contributed by atoms with Crippen molar-refractivity contribution in [3.8, 4) is 62.1 Å². The number of nitrogens with zero attached hydrogens (tertiary/aromatic N) is 5. The van der Waals surface area contributed by atoms with Gasteiger partial charge in [-0.3, -0.25) is 4.57 Å². The lowest BCUT2D eigenvalue weighted by Crippen LogP contribution is -2.02. The van der Waals surface area contributed by atoms with Crippen LogP contribution in [0.3, 0.4) is 0 Å². The van der Waals surface area contributed by atoms with Gasteiger partial charge in [-0.25, -0.2) is 14.5 Å². The van der Waals surface area contributed by atoms with Crippen molar-refractivity contribution in [2.45, 2.75) is 0 Å². The summed E-state index contributed by atoms with van der Waals surface area (Å²) in [5, 5.41) is 10.2. The average Bonchev–Trinajstić information content (AvgIpc) is 3.84. The molecule has 0 aliphatic heterocycles. The van der Waals surface area contributed by atoms with Crippen molar-refractivity contribution in [2.24, 2.45) is 0 Å². The fraction of sp³-hybridized carbons (Fsp3) is 0. The SMILES string of the molecule is c1ccc(-c2nc(-c3ccc(-c4nn5c(-c6ccccc6)cc6ccccc6c5c4-c4ccccc4)cc3)cc(-n3c4ccccc4c4ccccc43)n2)cc1. The fourth-order valence-electron chi connectivity index (χ4n) is 8.16. The summed E-state index contributed by atoms with van der Waals surface area (Å²) in [5.74, 6) is 1.50. The highest BCUT2D eigenvalue weighted by Crippen LogP contribution is 2.41. The molecule has 0 N–H and O–H groups in total. The molecule has 5 heteroatoms. The maximum atomic E-state index is 5.44. The third kappa shape index (κ3) is 5.21. The first-order valence-electron chi connectivity index (χ1n) is 18.9. The molecule has 0 spiro atoms. The first-order valence-corrected chi connectivity index (χ1v) is 18.9. The summed E-state index contributed by atoms with van der Waals surface area (Å²) in [6.07, 6.45) is 0. The van der Waals surface area contributed by atoms with Crippen LogP contribution in [0.2, 0.25) is 0 Å². The van der Waals surface area contributed by atoms with Crippen molar-refractivity contribution in [1.82, 2.24) is 24.1 Å². The summed E-state index contributed by atoms with van der Waals surface area (Å²) < 4.78 is 4.39. The summed E-state index contributed by atoms with van der Waals surface area (Å²) in [7, 11) is 0. The molecule has 0 radical (unpaired) electrons. The van der Waals surface area contributed by atoms with E-state index in [2.05, 4.69) is 191 Å². The molecule has 11 aromatic rings. The lowest BCUT2D eigenvalue weighted by Gasteiger charge is -2.12. The van der Waals surface area contributed by atoms with Crippen molar-refractivity contribution < 1.29 is 0 Å². The quantitative estimate of drug-likeness (QED) is 0.172. The summed E-state index contributed by atoms with van der Waals surface area (Å²) in [6.45, 7) is 0. The molecule has 0 fully saturated rings. The highest BCUT2D eigenvalue weighted by Gasteiger charge is 2.22. The van der Waals surface area contributed by atoms with Crippen molar-refractivity contribution in [2.75, 3.05) is 0 Å². The minimum absolute atomic E-state index is 0.677. The Bertz CT molecular complexity index is 3170. The second-order valence-corrected chi connectivity index (χ2v) is 14.1. The number of para-hydroxylation sites is 2. The van der Waals surface area contributed by atoms with Gasteiger partial charge in [0.05, 0.1) is 27.9 Å². The Hall–Kier alpha value is -7.63. The molecule has 0 saturated heterocycles. The molecule has 0 amide bonds. The van der Waals surface area contributed by atoms with Gasteiger partial charge in [-0.15, -0.1) is 0 Å². The molecule has 0 unspecified atom stereocenters. The lowest BCUT2D eigenvalue weighted by molar-refractivity contribution is 0.979. The van der Waals surface area contributed by atoms with Crippen molar-refractivity contribution >= 4 is 38.1 Å². The van der Waals surface area contributed by atoms with Gasteiger partial charge in [0, 0.05) is 50.0 Å². The highest BCUT2D eigenvalue weighted by atomic mass is 15.2. The van der Waals surface area contributed by atoms with E-state index in [9.17, 15) is 0 Å². The van der Waals surface area contributed by atoms with Crippen LogP contribution in [-0.2, 0) is 0 Å². The average molecular weight is 716 g/mol. The molecule has 56 heavy (non-hydrogen) atoms. The third-order valence-electron chi connectivity index (χ3n) is 10.8. The smallest absolute Gasteiger partial charge is 0.162 e. The monoisotopic (exact) mass is 715 g/mol. The number of hydrogen-bond acceptors (Lipinski definition) is 3. The van der Waals surface area contributed by atoms with Crippen molar-refractivity contribution in [1.29, 1.82) is 0 Å². The zero-order valence-corrected chi connectivity index (χ0v) is 30.3. The second kappa shape index (κ2) is 13.0. The van der Waals surface area contributed by atoms with Crippen LogP contribution in [0.5, 0.6) is 0 Å². The number of hydrogen-bond donors (Lipinski definition) is 0. The van der Waals surface area contributed by atoms with Crippen molar-refractivity contribution in [3.63, 3.8) is 0 Å². The summed E-state index contributed by atoms with van der Waals surface area (Å²) in [6, 6.07) is 70.1. The normalized spacial score (nSPS) is 11.6. The zero-order valence-electron chi connectivity index (χ0n) is 30.3. The predicted octanol–water partition coefficient (Wildman–Crippen LogP) is 12.7. The fourth-order valence-corrected chi connectivity index (χ4v) is 8.16. The molecule has 5 nitrogen and oxygen atoms in total. The van der Waals surface area contributed by atoms with Crippen LogP contribution in [-0.4, -0.2) is 24.1 Å². The molecule has 0 aliphatic carbocycles. The van der Waals surface area contributed by atoms with E-state index in [-0.39, 0.29) is 0 Å². The van der Waals surface area contributed by atoms with E-state index in [0.29, 0.717) is 5.82 Å². The highest BCUT2D eigenvalue weighted by molar-refractivity contribution is 6.10. The molecular formula is C51H33N5. The molecule has 0 bridgehead atoms. The number of rotatable bonds is 6. The minimum Gasteiger partial charge on any atom is -0.294 e. The second-order valence-electron chi connectivity index (χ2n) is 14.1. The number of fused-ring (bicyclic) bond motifs is 6. The number of benzene rings is 7. The van der Waals surface area contributed by atoms with Gasteiger partial charge in [-0.2, -0.15) is 5.10 Å². The van der Waals surface area contributed by atoms with Crippen LogP contribution < -0.4 is 0 Å². The number of aromatic nitrogens is 5. The van der Waals surface area contributed by atoms with Crippen LogP contribution in [0.1, 0.15) is 0 Å². The lowest BCUT2D eigenvalue weighted by atomic mass is 9.96. The van der Waals surface area contributed by atoms with Crippen LogP contribution in [0, 0.1) is 0 Å². The van der Waals surface area contributed by atoms with Crippen LogP contribution in [0.4, 0.5) is 0 Å². The molecule has 11 rings (SSSR count). The maximum absolute atomic E-state index is 5.44. The van der Waals surface area contributed by atoms with E-state index in [1.807, 2.05) is 18.2 Å². The van der Waals surface area contributed by atoms with E-state index in [4.69, 9.17) is 15.1 Å². The summed E-state index contributed by atoms with van der Waals surface area (Å²) >= 11 is 0. The van der Waals surface area contributed by atoms with Gasteiger partial charge in [-0.1, -0.05) is 176 Å². The Morgan fingerprint density at radius 1 is 0.393 bits per heavy atom. The number of pyridine rings is 1. The van der Waals surface area contributed by atoms with Gasteiger partial charge in [0.2, 0.25) is 0 Å². The van der Waals surface area contributed by atoms with Gasteiger partial charge in [0.25, 0.3) is 0 Å². The minimum atomic E-state index is 0.677. The van der Waals surface area contributed by atoms with Gasteiger partial charge < -0.3 is 0 Å². The van der Waals surface area contributed by atoms with Gasteiger partial charge in [0.15, 0.2) is 5.82 Å². The Labute approximate surface area is 323 Å². The molecule has 7 aromatic carbocycles. The summed E-state index contributed by atoms with van der Waals surface area (Å²) in [5.41, 5.74) is 12.5. The molecule has 0 atom stereocenters. The topological polar surface area (TPSA) is 48.0 Å². The summed E-state index contributed by atoms with van der Waals surface area (Å²) in [4.78, 5) is 10.4. The van der Waals surface area contributed by atoms with E-state index in [0.717, 1.165) is 78.2 Å². The van der Waals surface area contributed by atoms with E-state index >= 15 is 0 Å². The predicted molar refractivity (Wildman–Crippen MR) is 230 cm³/mol. The van der Waals surface area contributed by atoms with Crippen LogP contribution in [0.25, 0.3) is 100 Å². The molecule has 4 heterocycles. The van der Waals surface area contributed by atoms with Crippen LogP contribution in [0.15, 0.2) is 200 Å². The molecule has 0 aliphatic rings. The van der Waals surface area contributed by atoms with Gasteiger partial charge in [-0.05, 0) is 29.1 Å². The Morgan fingerprint density at radius 2 is 0.929 bits per heavy atom. The van der Waals surface area contributed by atoms with E-state index in [1.165, 1.54) is 16.2 Å². The van der Waals surface area contributed by atoms with Gasteiger partial charge >= 0.3 is 0 Å². The Balaban J connectivity index is 1.11. The van der Waals surface area contributed by atoms with Crippen LogP contribution >= 0.6 is 0 Å². The van der Waals surface area contributed by atoms with E-state index in [1.54, 1.807) is 0 Å². The third-order valence-corrected chi connectivity index (χ3v) is 10.8. The Morgan fingerprint density at radius 3 is 1.59 bits per heavy atom. The first-order chi connectivity index (χ1) is 27.8. The molecule has 0 saturated carbocycles. The Kier molecular flexibility index (Phi) is 7.42. The molecular weight excluding hydrogens is 683 g/mol. The largest absolute Gasteiger partial charge is 0.294 e. The standard InChI is InChI=1S/C51H33N5/c1-4-16-35(17-5-1)46-32-39-22-10-11-23-40(39)50-48(36-18-6-2-7-19-36)49(54-56(46)50)37-30-28-34(29-31-37)43-33-47(53-51(52-43)38-20-8-3-9-21-38)55-44-26-14-12-24-41(44)42-25-13-15-27-45(42)55/h1-33H.